The van der Waals surface area contributed by atoms with E-state index >= 15 is 0 Å². The third-order valence-corrected chi connectivity index (χ3v) is 3.37. The molecule has 2 aromatic rings. The van der Waals surface area contributed by atoms with Gasteiger partial charge in [0.2, 0.25) is 0 Å². The first kappa shape index (κ1) is 15.5. The molecule has 8 heteroatoms. The highest BCUT2D eigenvalue weighted by molar-refractivity contribution is 5.81. The maximum Gasteiger partial charge on any atom is 0.254 e. The Morgan fingerprint density at radius 1 is 1.21 bits per heavy atom. The lowest BCUT2D eigenvalue weighted by atomic mass is 10.0. The van der Waals surface area contributed by atoms with Gasteiger partial charge in [0.25, 0.3) is 6.04 Å². The Kier molecular flexibility index (Phi) is 4.66. The first-order valence-corrected chi connectivity index (χ1v) is 7.23. The molecule has 2 unspecified atom stereocenters. The van der Waals surface area contributed by atoms with Crippen molar-refractivity contribution in [1.29, 1.82) is 0 Å². The highest BCUT2D eigenvalue weighted by Gasteiger charge is 2.28. The van der Waals surface area contributed by atoms with Crippen LogP contribution in [0.3, 0.4) is 0 Å². The van der Waals surface area contributed by atoms with Gasteiger partial charge in [-0.2, -0.15) is 0 Å². The lowest BCUT2D eigenvalue weighted by Gasteiger charge is -2.19. The summed E-state index contributed by atoms with van der Waals surface area (Å²) in [4.78, 5) is 27.1. The van der Waals surface area contributed by atoms with E-state index in [0.29, 0.717) is 11.6 Å². The molecule has 24 heavy (non-hydrogen) atoms. The van der Waals surface area contributed by atoms with E-state index in [2.05, 4.69) is 25.3 Å². The SMILES string of the molecule is O=[N+]([O-])C1C=CC=CC1Nc1cc(N=Cc2ccncc2)ncn1. The Morgan fingerprint density at radius 2 is 2.00 bits per heavy atom. The molecule has 0 amide bonds. The van der Waals surface area contributed by atoms with Crippen LogP contribution in [0.2, 0.25) is 0 Å². The van der Waals surface area contributed by atoms with Crippen molar-refractivity contribution in [3.63, 3.8) is 0 Å². The van der Waals surface area contributed by atoms with Crippen molar-refractivity contribution in [3.8, 4) is 0 Å². The lowest BCUT2D eigenvalue weighted by Crippen LogP contribution is -2.37. The van der Waals surface area contributed by atoms with E-state index in [9.17, 15) is 10.1 Å². The number of allylic oxidation sites excluding steroid dienone is 2. The molecule has 2 aromatic heterocycles. The topological polar surface area (TPSA) is 106 Å². The van der Waals surface area contributed by atoms with Gasteiger partial charge in [-0.15, -0.1) is 0 Å². The molecule has 0 bridgehead atoms. The summed E-state index contributed by atoms with van der Waals surface area (Å²) in [6.45, 7) is 0. The van der Waals surface area contributed by atoms with Gasteiger partial charge in [-0.05, 0) is 23.8 Å². The molecule has 2 heterocycles. The molecule has 2 atom stereocenters. The van der Waals surface area contributed by atoms with Crippen LogP contribution in [0.4, 0.5) is 11.6 Å². The van der Waals surface area contributed by atoms with Gasteiger partial charge in [-0.25, -0.2) is 15.0 Å². The van der Waals surface area contributed by atoms with E-state index in [1.165, 1.54) is 6.33 Å². The van der Waals surface area contributed by atoms with E-state index in [-0.39, 0.29) is 4.92 Å². The second-order valence-electron chi connectivity index (χ2n) is 5.02. The second kappa shape index (κ2) is 7.23. The molecule has 8 nitrogen and oxygen atoms in total. The van der Waals surface area contributed by atoms with Crippen molar-refractivity contribution in [2.75, 3.05) is 5.32 Å². The number of hydrogen-bond acceptors (Lipinski definition) is 7. The summed E-state index contributed by atoms with van der Waals surface area (Å²) in [6, 6.07) is 3.97. The van der Waals surface area contributed by atoms with E-state index in [4.69, 9.17) is 0 Å². The summed E-state index contributed by atoms with van der Waals surface area (Å²) < 4.78 is 0. The number of aliphatic imine (C=N–C) groups is 1. The van der Waals surface area contributed by atoms with Crippen molar-refractivity contribution in [2.45, 2.75) is 12.1 Å². The van der Waals surface area contributed by atoms with Crippen molar-refractivity contribution in [2.24, 2.45) is 4.99 Å². The first-order valence-electron chi connectivity index (χ1n) is 7.23. The van der Waals surface area contributed by atoms with Gasteiger partial charge in [0.05, 0.1) is 0 Å². The number of nitro groups is 1. The summed E-state index contributed by atoms with van der Waals surface area (Å²) in [5, 5.41) is 14.1. The van der Waals surface area contributed by atoms with Crippen LogP contribution >= 0.6 is 0 Å². The zero-order valence-electron chi connectivity index (χ0n) is 12.6. The van der Waals surface area contributed by atoms with Crippen LogP contribution in [0.15, 0.2) is 66.2 Å². The van der Waals surface area contributed by atoms with Crippen LogP contribution in [0, 0.1) is 10.1 Å². The van der Waals surface area contributed by atoms with Crippen molar-refractivity contribution >= 4 is 17.9 Å². The minimum Gasteiger partial charge on any atom is -0.357 e. The quantitative estimate of drug-likeness (QED) is 0.513. The number of nitrogens with zero attached hydrogens (tertiary/aromatic N) is 5. The number of hydrogen-bond donors (Lipinski definition) is 1. The molecule has 1 aliphatic rings. The molecule has 0 fully saturated rings. The highest BCUT2D eigenvalue weighted by Crippen LogP contribution is 2.17. The van der Waals surface area contributed by atoms with Gasteiger partial charge in [0.15, 0.2) is 5.82 Å². The summed E-state index contributed by atoms with van der Waals surface area (Å²) in [6.07, 6.45) is 13.1. The molecule has 0 radical (unpaired) electrons. The predicted molar refractivity (Wildman–Crippen MR) is 90.0 cm³/mol. The minimum atomic E-state index is -0.839. The number of pyridine rings is 1. The van der Waals surface area contributed by atoms with E-state index in [1.54, 1.807) is 49.0 Å². The molecule has 0 aliphatic heterocycles. The standard InChI is InChI=1S/C16H14N6O2/c23-22(24)14-4-2-1-3-13(14)21-16-9-15(19-11-20-16)18-10-12-5-7-17-8-6-12/h1-11,13-14H,(H,19,20,21). The molecule has 0 aromatic carbocycles. The zero-order chi connectivity index (χ0) is 16.8. The third kappa shape index (κ3) is 3.86. The summed E-state index contributed by atoms with van der Waals surface area (Å²) in [5.74, 6) is 0.931. The molecule has 1 N–H and O–H groups in total. The van der Waals surface area contributed by atoms with Crippen molar-refractivity contribution in [1.82, 2.24) is 15.0 Å². The van der Waals surface area contributed by atoms with Gasteiger partial charge in [0.1, 0.15) is 18.2 Å². The first-order chi connectivity index (χ1) is 11.7. The fourth-order valence-electron chi connectivity index (χ4n) is 2.19. The monoisotopic (exact) mass is 322 g/mol. The normalized spacial score (nSPS) is 19.5. The highest BCUT2D eigenvalue weighted by atomic mass is 16.6. The Labute approximate surface area is 137 Å². The number of aromatic nitrogens is 3. The van der Waals surface area contributed by atoms with Crippen LogP contribution in [-0.2, 0) is 0 Å². The smallest absolute Gasteiger partial charge is 0.254 e. The largest absolute Gasteiger partial charge is 0.357 e. The molecule has 0 saturated carbocycles. The Hall–Kier alpha value is -3.42. The van der Waals surface area contributed by atoms with Crippen molar-refractivity contribution in [3.05, 3.63) is 76.9 Å². The summed E-state index contributed by atoms with van der Waals surface area (Å²) in [5.41, 5.74) is 0.895. The predicted octanol–water partition coefficient (Wildman–Crippen LogP) is 2.17. The zero-order valence-corrected chi connectivity index (χ0v) is 12.6. The van der Waals surface area contributed by atoms with Crippen molar-refractivity contribution < 1.29 is 4.92 Å². The third-order valence-electron chi connectivity index (χ3n) is 3.37. The summed E-state index contributed by atoms with van der Waals surface area (Å²) >= 11 is 0. The number of rotatable bonds is 5. The van der Waals surface area contributed by atoms with Gasteiger partial charge in [-0.1, -0.05) is 18.2 Å². The minimum absolute atomic E-state index is 0.332. The Morgan fingerprint density at radius 3 is 2.79 bits per heavy atom. The van der Waals surface area contributed by atoms with Gasteiger partial charge in [-0.3, -0.25) is 15.1 Å². The molecule has 1 aliphatic carbocycles. The Bertz CT molecular complexity index is 803. The van der Waals surface area contributed by atoms with E-state index in [1.807, 2.05) is 12.1 Å². The molecular weight excluding hydrogens is 308 g/mol. The van der Waals surface area contributed by atoms with Gasteiger partial charge >= 0.3 is 0 Å². The van der Waals surface area contributed by atoms with Gasteiger partial charge in [0, 0.05) is 29.6 Å². The lowest BCUT2D eigenvalue weighted by molar-refractivity contribution is -0.509. The molecular formula is C16H14N6O2. The van der Waals surface area contributed by atoms with Crippen LogP contribution < -0.4 is 5.32 Å². The van der Waals surface area contributed by atoms with Crippen LogP contribution in [0.1, 0.15) is 5.56 Å². The fourth-order valence-corrected chi connectivity index (χ4v) is 2.19. The number of anilines is 1. The van der Waals surface area contributed by atoms with Crippen LogP contribution in [-0.4, -0.2) is 38.2 Å². The van der Waals surface area contributed by atoms with E-state index in [0.717, 1.165) is 5.56 Å². The molecule has 0 spiro atoms. The molecule has 3 rings (SSSR count). The van der Waals surface area contributed by atoms with E-state index < -0.39 is 12.1 Å². The average Bonchev–Trinajstić information content (AvgIpc) is 2.61. The fraction of sp³-hybridized carbons (Fsp3) is 0.125. The summed E-state index contributed by atoms with van der Waals surface area (Å²) in [7, 11) is 0. The van der Waals surface area contributed by atoms with Crippen LogP contribution in [0.25, 0.3) is 0 Å². The Balaban J connectivity index is 1.73. The molecule has 0 saturated heterocycles. The number of nitrogens with one attached hydrogen (secondary N) is 1. The average molecular weight is 322 g/mol. The molecule has 120 valence electrons. The maximum atomic E-state index is 11.1. The van der Waals surface area contributed by atoms with Crippen LogP contribution in [0.5, 0.6) is 0 Å². The van der Waals surface area contributed by atoms with Gasteiger partial charge < -0.3 is 5.32 Å². The second-order valence-corrected chi connectivity index (χ2v) is 5.02. The maximum absolute atomic E-state index is 11.1.